The second-order valence-corrected chi connectivity index (χ2v) is 7.31. The Morgan fingerprint density at radius 2 is 2.05 bits per heavy atom. The average Bonchev–Trinajstić information content (AvgIpc) is 2.72. The molecule has 22 heavy (non-hydrogen) atoms. The number of nitrogens with one attached hydrogen (secondary N) is 1. The van der Waals surface area contributed by atoms with Gasteiger partial charge in [0.1, 0.15) is 0 Å². The molecule has 0 saturated carbocycles. The third-order valence-electron chi connectivity index (χ3n) is 3.14. The standard InChI is InChI=1S/C14H21N3O4S/c1-2-22(18,19)9-6-16-14(15)17-11-4-5-12-13(10-11)21-8-3-7-20-12/h4-5,10H,2-3,6-9H2,1H3,(H3,15,16,17). The van der Waals surface area contributed by atoms with Gasteiger partial charge >= 0.3 is 0 Å². The number of aliphatic imine (C=N–C) groups is 1. The van der Waals surface area contributed by atoms with Crippen LogP contribution in [0.3, 0.4) is 0 Å². The van der Waals surface area contributed by atoms with Crippen LogP contribution in [-0.2, 0) is 9.84 Å². The van der Waals surface area contributed by atoms with Crippen molar-refractivity contribution in [2.45, 2.75) is 13.3 Å². The molecule has 0 amide bonds. The van der Waals surface area contributed by atoms with Gasteiger partial charge in [0.05, 0.1) is 25.5 Å². The largest absolute Gasteiger partial charge is 0.490 e. The summed E-state index contributed by atoms with van der Waals surface area (Å²) in [6.45, 7) is 2.99. The van der Waals surface area contributed by atoms with Gasteiger partial charge in [-0.1, -0.05) is 6.92 Å². The molecule has 1 aliphatic heterocycles. The molecule has 0 saturated heterocycles. The fourth-order valence-corrected chi connectivity index (χ4v) is 2.54. The maximum atomic E-state index is 11.4. The summed E-state index contributed by atoms with van der Waals surface area (Å²) in [6, 6.07) is 5.39. The zero-order chi connectivity index (χ0) is 16.0. The van der Waals surface area contributed by atoms with Gasteiger partial charge in [-0.15, -0.1) is 0 Å². The molecule has 3 N–H and O–H groups in total. The van der Waals surface area contributed by atoms with Gasteiger partial charge in [-0.2, -0.15) is 0 Å². The van der Waals surface area contributed by atoms with Crippen molar-refractivity contribution in [3.05, 3.63) is 18.2 Å². The highest BCUT2D eigenvalue weighted by Crippen LogP contribution is 2.32. The van der Waals surface area contributed by atoms with Crippen LogP contribution in [0, 0.1) is 0 Å². The summed E-state index contributed by atoms with van der Waals surface area (Å²) in [5.41, 5.74) is 6.47. The molecular formula is C14H21N3O4S. The Bertz CT molecular complexity index is 643. The summed E-state index contributed by atoms with van der Waals surface area (Å²) >= 11 is 0. The summed E-state index contributed by atoms with van der Waals surface area (Å²) in [6.07, 6.45) is 0.840. The van der Waals surface area contributed by atoms with Crippen LogP contribution in [0.1, 0.15) is 13.3 Å². The summed E-state index contributed by atoms with van der Waals surface area (Å²) in [4.78, 5) is 4.02. The van der Waals surface area contributed by atoms with Crippen molar-refractivity contribution < 1.29 is 17.9 Å². The lowest BCUT2D eigenvalue weighted by Gasteiger charge is -2.10. The highest BCUT2D eigenvalue weighted by Gasteiger charge is 2.11. The van der Waals surface area contributed by atoms with Crippen LogP contribution in [0.5, 0.6) is 11.5 Å². The van der Waals surface area contributed by atoms with Gasteiger partial charge in [0.15, 0.2) is 27.3 Å². The lowest BCUT2D eigenvalue weighted by Crippen LogP contribution is -2.24. The van der Waals surface area contributed by atoms with Crippen molar-refractivity contribution in [2.24, 2.45) is 10.7 Å². The minimum Gasteiger partial charge on any atom is -0.490 e. The monoisotopic (exact) mass is 327 g/mol. The van der Waals surface area contributed by atoms with Crippen molar-refractivity contribution in [3.63, 3.8) is 0 Å². The highest BCUT2D eigenvalue weighted by molar-refractivity contribution is 7.91. The van der Waals surface area contributed by atoms with E-state index in [9.17, 15) is 8.42 Å². The predicted molar refractivity (Wildman–Crippen MR) is 86.5 cm³/mol. The number of ether oxygens (including phenoxy) is 2. The molecule has 0 unspecified atom stereocenters. The number of guanidine groups is 1. The number of sulfone groups is 1. The molecule has 2 rings (SSSR count). The number of fused-ring (bicyclic) bond motifs is 1. The summed E-state index contributed by atoms with van der Waals surface area (Å²) < 4.78 is 33.9. The smallest absolute Gasteiger partial charge is 0.193 e. The Kier molecular flexibility index (Phi) is 5.48. The van der Waals surface area contributed by atoms with Crippen LogP contribution < -0.4 is 20.5 Å². The molecule has 1 aliphatic rings. The second-order valence-electron chi connectivity index (χ2n) is 4.84. The Morgan fingerprint density at radius 1 is 1.32 bits per heavy atom. The minimum absolute atomic E-state index is 0.00693. The van der Waals surface area contributed by atoms with E-state index in [0.29, 0.717) is 30.4 Å². The molecule has 0 atom stereocenters. The first-order chi connectivity index (χ1) is 10.5. The van der Waals surface area contributed by atoms with Crippen LogP contribution in [0.25, 0.3) is 0 Å². The highest BCUT2D eigenvalue weighted by atomic mass is 32.2. The topological polar surface area (TPSA) is 103 Å². The van der Waals surface area contributed by atoms with Crippen molar-refractivity contribution >= 4 is 21.5 Å². The third kappa shape index (κ3) is 4.80. The van der Waals surface area contributed by atoms with Gasteiger partial charge in [-0.25, -0.2) is 8.42 Å². The molecule has 0 spiro atoms. The molecular weight excluding hydrogens is 306 g/mol. The first kappa shape index (κ1) is 16.4. The van der Waals surface area contributed by atoms with Gasteiger partial charge in [0.2, 0.25) is 0 Å². The number of rotatable bonds is 5. The molecule has 1 aromatic rings. The van der Waals surface area contributed by atoms with Crippen LogP contribution >= 0.6 is 0 Å². The first-order valence-corrected chi connectivity index (χ1v) is 8.99. The molecule has 0 fully saturated rings. The number of hydrogen-bond donors (Lipinski definition) is 2. The van der Waals surface area contributed by atoms with E-state index in [1.807, 2.05) is 0 Å². The number of nitrogens with zero attached hydrogens (tertiary/aromatic N) is 1. The van der Waals surface area contributed by atoms with E-state index in [2.05, 4.69) is 10.3 Å². The fraction of sp³-hybridized carbons (Fsp3) is 0.500. The third-order valence-corrected chi connectivity index (χ3v) is 4.83. The van der Waals surface area contributed by atoms with Crippen molar-refractivity contribution in [3.8, 4) is 11.5 Å². The SMILES string of the molecule is CCS(=O)(=O)CCN=C(N)Nc1ccc2c(c1)OCCCO2. The average molecular weight is 327 g/mol. The quantitative estimate of drug-likeness (QED) is 0.618. The van der Waals surface area contributed by atoms with E-state index in [1.54, 1.807) is 25.1 Å². The zero-order valence-corrected chi connectivity index (χ0v) is 13.4. The predicted octanol–water partition coefficient (Wildman–Crippen LogP) is 1.01. The van der Waals surface area contributed by atoms with E-state index < -0.39 is 9.84 Å². The van der Waals surface area contributed by atoms with Gasteiger partial charge < -0.3 is 20.5 Å². The van der Waals surface area contributed by atoms with Crippen LogP contribution in [-0.4, -0.2) is 45.6 Å². The molecule has 122 valence electrons. The number of nitrogens with two attached hydrogens (primary N) is 1. The van der Waals surface area contributed by atoms with Gasteiger partial charge in [-0.3, -0.25) is 4.99 Å². The molecule has 1 heterocycles. The number of benzene rings is 1. The zero-order valence-electron chi connectivity index (χ0n) is 12.5. The maximum absolute atomic E-state index is 11.4. The van der Waals surface area contributed by atoms with Gasteiger partial charge in [0.25, 0.3) is 0 Å². The summed E-state index contributed by atoms with van der Waals surface area (Å²) in [7, 11) is -3.03. The molecule has 1 aromatic carbocycles. The Morgan fingerprint density at radius 3 is 2.77 bits per heavy atom. The molecule has 0 radical (unpaired) electrons. The minimum atomic E-state index is -3.03. The second kappa shape index (κ2) is 7.35. The Balaban J connectivity index is 1.96. The van der Waals surface area contributed by atoms with E-state index in [-0.39, 0.29) is 24.0 Å². The molecule has 7 nitrogen and oxygen atoms in total. The first-order valence-electron chi connectivity index (χ1n) is 7.17. The fourth-order valence-electron chi connectivity index (χ4n) is 1.88. The molecule has 0 aromatic heterocycles. The summed E-state index contributed by atoms with van der Waals surface area (Å²) in [5.74, 6) is 1.63. The van der Waals surface area contributed by atoms with Crippen molar-refractivity contribution in [1.29, 1.82) is 0 Å². The normalized spacial score (nSPS) is 15.2. The van der Waals surface area contributed by atoms with E-state index in [4.69, 9.17) is 15.2 Å². The molecule has 0 aliphatic carbocycles. The molecule has 8 heteroatoms. The van der Waals surface area contributed by atoms with Crippen LogP contribution in [0.2, 0.25) is 0 Å². The van der Waals surface area contributed by atoms with E-state index >= 15 is 0 Å². The van der Waals surface area contributed by atoms with E-state index in [1.165, 1.54) is 0 Å². The van der Waals surface area contributed by atoms with Gasteiger partial charge in [-0.05, 0) is 12.1 Å². The lowest BCUT2D eigenvalue weighted by atomic mass is 10.3. The Hall–Kier alpha value is -1.96. The van der Waals surface area contributed by atoms with Crippen LogP contribution in [0.15, 0.2) is 23.2 Å². The summed E-state index contributed by atoms with van der Waals surface area (Å²) in [5, 5.41) is 2.91. The maximum Gasteiger partial charge on any atom is 0.193 e. The van der Waals surface area contributed by atoms with Crippen molar-refractivity contribution in [2.75, 3.05) is 36.6 Å². The number of hydrogen-bond acceptors (Lipinski definition) is 5. The van der Waals surface area contributed by atoms with E-state index in [0.717, 1.165) is 6.42 Å². The molecule has 0 bridgehead atoms. The Labute approximate surface area is 130 Å². The van der Waals surface area contributed by atoms with Gasteiger partial charge in [0, 0.05) is 23.9 Å². The number of anilines is 1. The lowest BCUT2D eigenvalue weighted by molar-refractivity contribution is 0.297. The van der Waals surface area contributed by atoms with Crippen LogP contribution in [0.4, 0.5) is 5.69 Å². The van der Waals surface area contributed by atoms with Crippen molar-refractivity contribution in [1.82, 2.24) is 0 Å².